The minimum Gasteiger partial charge on any atom is -0.328 e. The zero-order valence-corrected chi connectivity index (χ0v) is 10.9. The molecular weight excluding hydrogens is 226 g/mol. The zero-order valence-electron chi connectivity index (χ0n) is 10.9. The van der Waals surface area contributed by atoms with Crippen molar-refractivity contribution in [2.24, 2.45) is 5.73 Å². The molecule has 18 heavy (non-hydrogen) atoms. The van der Waals surface area contributed by atoms with E-state index in [1.165, 1.54) is 6.42 Å². The molecule has 2 aromatic heterocycles. The fourth-order valence-electron chi connectivity index (χ4n) is 2.98. The summed E-state index contributed by atoms with van der Waals surface area (Å²) in [4.78, 5) is 4.50. The monoisotopic (exact) mass is 245 g/mol. The van der Waals surface area contributed by atoms with Gasteiger partial charge in [0, 0.05) is 23.7 Å². The predicted molar refractivity (Wildman–Crippen MR) is 69.4 cm³/mol. The van der Waals surface area contributed by atoms with Crippen LogP contribution in [0.25, 0.3) is 5.65 Å². The van der Waals surface area contributed by atoms with Gasteiger partial charge in [-0.2, -0.15) is 0 Å². The summed E-state index contributed by atoms with van der Waals surface area (Å²) in [6.45, 7) is 3.99. The van der Waals surface area contributed by atoms with E-state index in [0.29, 0.717) is 12.0 Å². The van der Waals surface area contributed by atoms with Crippen molar-refractivity contribution in [2.75, 3.05) is 0 Å². The van der Waals surface area contributed by atoms with Crippen LogP contribution in [0.4, 0.5) is 0 Å². The first-order valence-electron chi connectivity index (χ1n) is 6.60. The summed E-state index contributed by atoms with van der Waals surface area (Å²) < 4.78 is 2.08. The molecule has 1 aliphatic rings. The Bertz CT molecular complexity index is 574. The van der Waals surface area contributed by atoms with Crippen LogP contribution in [0.3, 0.4) is 0 Å². The first-order chi connectivity index (χ1) is 8.65. The van der Waals surface area contributed by atoms with Gasteiger partial charge < -0.3 is 5.73 Å². The molecule has 2 atom stereocenters. The van der Waals surface area contributed by atoms with E-state index in [0.717, 1.165) is 42.3 Å². The summed E-state index contributed by atoms with van der Waals surface area (Å²) in [5, 5.41) is 8.65. The summed E-state index contributed by atoms with van der Waals surface area (Å²) in [6, 6.07) is 2.28. The average Bonchev–Trinajstić information content (AvgIpc) is 2.72. The molecule has 1 fully saturated rings. The lowest BCUT2D eigenvalue weighted by Crippen LogP contribution is -2.27. The molecule has 0 aromatic carbocycles. The highest BCUT2D eigenvalue weighted by atomic mass is 15.3. The van der Waals surface area contributed by atoms with Crippen LogP contribution in [0.2, 0.25) is 0 Å². The highest BCUT2D eigenvalue weighted by Gasteiger charge is 2.25. The molecule has 2 aromatic rings. The maximum atomic E-state index is 6.06. The van der Waals surface area contributed by atoms with Gasteiger partial charge in [-0.05, 0) is 33.1 Å². The van der Waals surface area contributed by atoms with Crippen LogP contribution < -0.4 is 5.73 Å². The van der Waals surface area contributed by atoms with Crippen LogP contribution in [0.1, 0.15) is 48.9 Å². The van der Waals surface area contributed by atoms with Gasteiger partial charge in [0.05, 0.1) is 0 Å². The fraction of sp³-hybridized carbons (Fsp3) is 0.615. The Morgan fingerprint density at radius 2 is 2.11 bits per heavy atom. The Labute approximate surface area is 106 Å². The molecule has 0 saturated heterocycles. The van der Waals surface area contributed by atoms with Crippen LogP contribution in [-0.4, -0.2) is 25.6 Å². The Hall–Kier alpha value is -1.49. The molecule has 0 radical (unpaired) electrons. The molecule has 0 amide bonds. The van der Waals surface area contributed by atoms with Gasteiger partial charge in [-0.25, -0.2) is 4.98 Å². The van der Waals surface area contributed by atoms with Crippen molar-refractivity contribution >= 4 is 5.65 Å². The highest BCUT2D eigenvalue weighted by molar-refractivity contribution is 5.40. The Morgan fingerprint density at radius 3 is 2.89 bits per heavy atom. The molecule has 1 aliphatic carbocycles. The minimum atomic E-state index is 0.301. The number of nitrogens with zero attached hydrogens (tertiary/aromatic N) is 4. The normalized spacial score (nSPS) is 24.6. The van der Waals surface area contributed by atoms with Crippen molar-refractivity contribution in [1.29, 1.82) is 0 Å². The van der Waals surface area contributed by atoms with Gasteiger partial charge in [-0.15, -0.1) is 10.2 Å². The Kier molecular flexibility index (Phi) is 2.78. The van der Waals surface area contributed by atoms with Gasteiger partial charge >= 0.3 is 0 Å². The lowest BCUT2D eigenvalue weighted by atomic mass is 9.85. The molecule has 2 unspecified atom stereocenters. The minimum absolute atomic E-state index is 0.301. The van der Waals surface area contributed by atoms with Gasteiger partial charge in [0.25, 0.3) is 0 Å². The maximum Gasteiger partial charge on any atom is 0.164 e. The molecule has 2 N–H and O–H groups in total. The second kappa shape index (κ2) is 4.31. The number of hydrogen-bond acceptors (Lipinski definition) is 4. The number of aryl methyl sites for hydroxylation is 2. The number of rotatable bonds is 1. The van der Waals surface area contributed by atoms with Crippen LogP contribution in [0.15, 0.2) is 6.07 Å². The van der Waals surface area contributed by atoms with Crippen molar-refractivity contribution < 1.29 is 0 Å². The van der Waals surface area contributed by atoms with E-state index >= 15 is 0 Å². The third kappa shape index (κ3) is 1.88. The van der Waals surface area contributed by atoms with E-state index in [9.17, 15) is 0 Å². The largest absolute Gasteiger partial charge is 0.328 e. The van der Waals surface area contributed by atoms with Crippen LogP contribution in [0, 0.1) is 13.8 Å². The van der Waals surface area contributed by atoms with Crippen molar-refractivity contribution in [1.82, 2.24) is 19.6 Å². The maximum absolute atomic E-state index is 6.06. The van der Waals surface area contributed by atoms with Gasteiger partial charge in [0.15, 0.2) is 5.65 Å². The third-order valence-electron chi connectivity index (χ3n) is 3.79. The third-order valence-corrected chi connectivity index (χ3v) is 3.79. The SMILES string of the molecule is Cc1cc2nnc(C3CCCC(N)C3)n2c(C)n1. The molecule has 2 heterocycles. The quantitative estimate of drug-likeness (QED) is 0.830. The summed E-state index contributed by atoms with van der Waals surface area (Å²) in [5.74, 6) is 2.42. The van der Waals surface area contributed by atoms with Gasteiger partial charge in [-0.1, -0.05) is 6.42 Å². The van der Waals surface area contributed by atoms with Crippen LogP contribution in [0.5, 0.6) is 0 Å². The van der Waals surface area contributed by atoms with E-state index in [1.807, 2.05) is 19.9 Å². The molecule has 1 saturated carbocycles. The van der Waals surface area contributed by atoms with Crippen LogP contribution in [-0.2, 0) is 0 Å². The number of nitrogens with two attached hydrogens (primary N) is 1. The van der Waals surface area contributed by atoms with Crippen LogP contribution >= 0.6 is 0 Å². The average molecular weight is 245 g/mol. The summed E-state index contributed by atoms with van der Waals surface area (Å²) >= 11 is 0. The molecule has 5 heteroatoms. The molecule has 5 nitrogen and oxygen atoms in total. The molecule has 3 rings (SSSR count). The predicted octanol–water partition coefficient (Wildman–Crippen LogP) is 1.73. The molecule has 0 bridgehead atoms. The first-order valence-corrected chi connectivity index (χ1v) is 6.60. The van der Waals surface area contributed by atoms with Crippen molar-refractivity contribution in [2.45, 2.75) is 51.5 Å². The number of aromatic nitrogens is 4. The molecular formula is C13H19N5. The molecule has 96 valence electrons. The van der Waals surface area contributed by atoms with E-state index in [1.54, 1.807) is 0 Å². The van der Waals surface area contributed by atoms with E-state index in [4.69, 9.17) is 5.73 Å². The smallest absolute Gasteiger partial charge is 0.164 e. The van der Waals surface area contributed by atoms with Gasteiger partial charge in [-0.3, -0.25) is 4.40 Å². The molecule has 0 aliphatic heterocycles. The topological polar surface area (TPSA) is 69.1 Å². The first kappa shape index (κ1) is 11.6. The van der Waals surface area contributed by atoms with E-state index < -0.39 is 0 Å². The van der Waals surface area contributed by atoms with E-state index in [2.05, 4.69) is 19.6 Å². The zero-order chi connectivity index (χ0) is 12.7. The fourth-order valence-corrected chi connectivity index (χ4v) is 2.98. The van der Waals surface area contributed by atoms with Gasteiger partial charge in [0.1, 0.15) is 11.6 Å². The number of fused-ring (bicyclic) bond motifs is 1. The van der Waals surface area contributed by atoms with Gasteiger partial charge in [0.2, 0.25) is 0 Å². The second-order valence-corrected chi connectivity index (χ2v) is 5.32. The molecule has 0 spiro atoms. The highest BCUT2D eigenvalue weighted by Crippen LogP contribution is 2.31. The van der Waals surface area contributed by atoms with Crippen molar-refractivity contribution in [3.63, 3.8) is 0 Å². The number of hydrogen-bond donors (Lipinski definition) is 1. The van der Waals surface area contributed by atoms with E-state index in [-0.39, 0.29) is 0 Å². The standard InChI is InChI=1S/C13H19N5/c1-8-6-12-16-17-13(18(12)9(2)15-8)10-4-3-5-11(14)7-10/h6,10-11H,3-5,7,14H2,1-2H3. The summed E-state index contributed by atoms with van der Waals surface area (Å²) in [7, 11) is 0. The summed E-state index contributed by atoms with van der Waals surface area (Å²) in [6.07, 6.45) is 4.47. The Morgan fingerprint density at radius 1 is 1.28 bits per heavy atom. The Balaban J connectivity index is 2.07. The summed E-state index contributed by atoms with van der Waals surface area (Å²) in [5.41, 5.74) is 7.95. The lowest BCUT2D eigenvalue weighted by molar-refractivity contribution is 0.379. The lowest BCUT2D eigenvalue weighted by Gasteiger charge is -2.25. The van der Waals surface area contributed by atoms with Crippen molar-refractivity contribution in [3.05, 3.63) is 23.4 Å². The second-order valence-electron chi connectivity index (χ2n) is 5.32. The van der Waals surface area contributed by atoms with Crippen molar-refractivity contribution in [3.8, 4) is 0 Å².